The molecule has 8 nitrogen and oxygen atoms in total. The molecule has 1 aliphatic heterocycles. The third kappa shape index (κ3) is 3.88. The van der Waals surface area contributed by atoms with Crippen molar-refractivity contribution in [3.63, 3.8) is 0 Å². The minimum Gasteiger partial charge on any atom is -0.463 e. The summed E-state index contributed by atoms with van der Waals surface area (Å²) >= 11 is 0. The van der Waals surface area contributed by atoms with Gasteiger partial charge in [0.25, 0.3) is 11.8 Å². The number of hydrazine groups is 1. The lowest BCUT2D eigenvalue weighted by Crippen LogP contribution is -2.88. The van der Waals surface area contributed by atoms with Crippen LogP contribution in [0.3, 0.4) is 0 Å². The monoisotopic (exact) mass is 397 g/mol. The Morgan fingerprint density at radius 3 is 2.59 bits per heavy atom. The Morgan fingerprint density at radius 1 is 1.14 bits per heavy atom. The average Bonchev–Trinajstić information content (AvgIpc) is 3.34. The number of nitrogens with two attached hydrogens (primary N) is 1. The van der Waals surface area contributed by atoms with Crippen LogP contribution in [0, 0.1) is 0 Å². The molecule has 0 bridgehead atoms. The van der Waals surface area contributed by atoms with E-state index in [1.807, 2.05) is 41.7 Å². The minimum atomic E-state index is -0.854. The molecule has 2 heterocycles. The highest BCUT2D eigenvalue weighted by Gasteiger charge is 2.52. The molecule has 1 spiro atoms. The summed E-state index contributed by atoms with van der Waals surface area (Å²) in [5, 5.41) is 5.44. The second kappa shape index (κ2) is 8.08. The van der Waals surface area contributed by atoms with Crippen LogP contribution in [-0.4, -0.2) is 34.9 Å². The van der Waals surface area contributed by atoms with Gasteiger partial charge in [0.2, 0.25) is 0 Å². The molecule has 0 radical (unpaired) electrons. The van der Waals surface area contributed by atoms with Crippen molar-refractivity contribution >= 4 is 17.8 Å². The van der Waals surface area contributed by atoms with Crippen LogP contribution in [0.5, 0.6) is 0 Å². The number of amides is 4. The van der Waals surface area contributed by atoms with Gasteiger partial charge in [-0.2, -0.15) is 5.01 Å². The maximum absolute atomic E-state index is 12.8. The van der Waals surface area contributed by atoms with Crippen molar-refractivity contribution in [1.29, 1.82) is 0 Å². The molecule has 1 saturated heterocycles. The Kier molecular flexibility index (Phi) is 5.35. The van der Waals surface area contributed by atoms with E-state index < -0.39 is 17.5 Å². The van der Waals surface area contributed by atoms with Crippen molar-refractivity contribution in [1.82, 2.24) is 15.8 Å². The summed E-state index contributed by atoms with van der Waals surface area (Å²) in [6.45, 7) is 0.0321. The summed E-state index contributed by atoms with van der Waals surface area (Å²) in [4.78, 5) is 37.6. The molecule has 4 N–H and O–H groups in total. The zero-order valence-electron chi connectivity index (χ0n) is 16.1. The molecule has 29 heavy (non-hydrogen) atoms. The van der Waals surface area contributed by atoms with Crippen molar-refractivity contribution in [2.45, 2.75) is 43.7 Å². The average molecular weight is 397 g/mol. The van der Waals surface area contributed by atoms with E-state index in [0.717, 1.165) is 35.6 Å². The van der Waals surface area contributed by atoms with E-state index in [9.17, 15) is 14.4 Å². The fraction of sp³-hybridized carbons (Fsp3) is 0.381. The van der Waals surface area contributed by atoms with Crippen LogP contribution in [0.4, 0.5) is 4.79 Å². The molecule has 2 aliphatic rings. The topological polar surface area (TPSA) is 108 Å². The Balaban J connectivity index is 1.40. The predicted octanol–water partition coefficient (Wildman–Crippen LogP) is 1.22. The number of furan rings is 1. The number of nitrogens with zero attached hydrogens (tertiary/aromatic N) is 1. The summed E-state index contributed by atoms with van der Waals surface area (Å²) < 4.78 is 5.53. The molecular formula is C21H25N4O4+. The molecule has 2 aromatic rings. The van der Waals surface area contributed by atoms with Crippen molar-refractivity contribution in [3.05, 3.63) is 60.1 Å². The van der Waals surface area contributed by atoms with Gasteiger partial charge in [0.05, 0.1) is 6.26 Å². The zero-order valence-corrected chi connectivity index (χ0v) is 16.1. The molecule has 152 valence electrons. The fourth-order valence-corrected chi connectivity index (χ4v) is 4.16. The number of nitrogens with one attached hydrogen (secondary N) is 2. The van der Waals surface area contributed by atoms with Crippen LogP contribution in [0.15, 0.2) is 53.1 Å². The predicted molar refractivity (Wildman–Crippen MR) is 103 cm³/mol. The lowest BCUT2D eigenvalue weighted by Gasteiger charge is -2.30. The van der Waals surface area contributed by atoms with E-state index in [1.165, 1.54) is 0 Å². The fourth-order valence-electron chi connectivity index (χ4n) is 4.16. The smallest absolute Gasteiger partial charge is 0.344 e. The lowest BCUT2D eigenvalue weighted by atomic mass is 9.82. The first-order valence-electron chi connectivity index (χ1n) is 9.97. The van der Waals surface area contributed by atoms with Gasteiger partial charge in [-0.1, -0.05) is 49.6 Å². The van der Waals surface area contributed by atoms with Gasteiger partial charge in [0.1, 0.15) is 5.54 Å². The summed E-state index contributed by atoms with van der Waals surface area (Å²) in [6.07, 6.45) is 5.66. The molecule has 2 fully saturated rings. The highest BCUT2D eigenvalue weighted by Crippen LogP contribution is 2.32. The Hall–Kier alpha value is -3.13. The highest BCUT2D eigenvalue weighted by atomic mass is 16.3. The molecule has 1 saturated carbocycles. The Morgan fingerprint density at radius 2 is 1.90 bits per heavy atom. The van der Waals surface area contributed by atoms with Crippen LogP contribution >= 0.6 is 0 Å². The normalized spacial score (nSPS) is 19.2. The lowest BCUT2D eigenvalue weighted by molar-refractivity contribution is -0.678. The van der Waals surface area contributed by atoms with E-state index in [-0.39, 0.29) is 18.5 Å². The second-order valence-corrected chi connectivity index (χ2v) is 7.59. The molecular weight excluding hydrogens is 372 g/mol. The maximum atomic E-state index is 12.8. The van der Waals surface area contributed by atoms with Crippen molar-refractivity contribution in [2.24, 2.45) is 0 Å². The van der Waals surface area contributed by atoms with E-state index in [1.54, 1.807) is 12.3 Å². The van der Waals surface area contributed by atoms with Crippen LogP contribution in [0.2, 0.25) is 0 Å². The Labute approximate surface area is 168 Å². The molecule has 1 aliphatic carbocycles. The number of hydrogen-bond donors (Lipinski definition) is 3. The summed E-state index contributed by atoms with van der Waals surface area (Å²) in [5.74, 6) is -0.0600. The standard InChI is InChI=1S/C21H24N4O4/c26-17(24-25-19(27)21(23-20(25)28)11-5-2-6-12-21)14-22-18(16-10-7-13-29-16)15-8-3-1-4-9-15/h1,3-4,7-10,13,18,22H,2,5-6,11-12,14H2,(H,23,28)(H,24,26)/p+1/t18-/m1/s1. The maximum Gasteiger partial charge on any atom is 0.344 e. The van der Waals surface area contributed by atoms with Crippen molar-refractivity contribution in [2.75, 3.05) is 6.54 Å². The second-order valence-electron chi connectivity index (χ2n) is 7.59. The number of hydrogen-bond acceptors (Lipinski definition) is 4. The first-order valence-corrected chi connectivity index (χ1v) is 9.97. The zero-order chi connectivity index (χ0) is 20.3. The first-order chi connectivity index (χ1) is 14.1. The van der Waals surface area contributed by atoms with Crippen LogP contribution in [-0.2, 0) is 9.59 Å². The molecule has 1 atom stereocenters. The quantitative estimate of drug-likeness (QED) is 0.637. The van der Waals surface area contributed by atoms with Crippen LogP contribution in [0.25, 0.3) is 0 Å². The summed E-state index contributed by atoms with van der Waals surface area (Å²) in [5.41, 5.74) is 2.61. The van der Waals surface area contributed by atoms with Crippen molar-refractivity contribution < 1.29 is 24.1 Å². The minimum absolute atomic E-state index is 0.0321. The van der Waals surface area contributed by atoms with E-state index in [4.69, 9.17) is 4.42 Å². The van der Waals surface area contributed by atoms with Gasteiger partial charge in [-0.05, 0) is 25.0 Å². The third-order valence-electron chi connectivity index (χ3n) is 5.65. The molecule has 1 aromatic heterocycles. The number of rotatable bonds is 6. The van der Waals surface area contributed by atoms with Gasteiger partial charge >= 0.3 is 6.03 Å². The van der Waals surface area contributed by atoms with Crippen LogP contribution < -0.4 is 16.1 Å². The van der Waals surface area contributed by atoms with Gasteiger partial charge in [-0.3, -0.25) is 15.0 Å². The number of imide groups is 1. The van der Waals surface area contributed by atoms with Crippen molar-refractivity contribution in [3.8, 4) is 0 Å². The number of benzene rings is 1. The number of quaternary nitrogens is 1. The number of urea groups is 1. The Bertz CT molecular complexity index is 875. The van der Waals surface area contributed by atoms with Gasteiger partial charge in [0, 0.05) is 5.56 Å². The van der Waals surface area contributed by atoms with Gasteiger partial charge in [-0.15, -0.1) is 0 Å². The van der Waals surface area contributed by atoms with E-state index in [0.29, 0.717) is 12.8 Å². The van der Waals surface area contributed by atoms with Gasteiger partial charge < -0.3 is 15.1 Å². The van der Waals surface area contributed by atoms with Gasteiger partial charge in [-0.25, -0.2) is 4.79 Å². The van der Waals surface area contributed by atoms with Gasteiger partial charge in [0.15, 0.2) is 18.3 Å². The van der Waals surface area contributed by atoms with E-state index >= 15 is 0 Å². The molecule has 1 aromatic carbocycles. The SMILES string of the molecule is O=C(C[NH2+][C@H](c1ccccc1)c1ccco1)NN1C(=O)NC2(CCCCC2)C1=O. The number of carbonyl (C=O) groups is 3. The summed E-state index contributed by atoms with van der Waals surface area (Å²) in [7, 11) is 0. The molecule has 4 rings (SSSR count). The summed E-state index contributed by atoms with van der Waals surface area (Å²) in [6, 6.07) is 12.6. The first kappa shape index (κ1) is 19.2. The molecule has 0 unspecified atom stereocenters. The van der Waals surface area contributed by atoms with Crippen LogP contribution in [0.1, 0.15) is 49.5 Å². The molecule has 4 amide bonds. The number of carbonyl (C=O) groups excluding carboxylic acids is 3. The highest BCUT2D eigenvalue weighted by molar-refractivity contribution is 6.08. The molecule has 8 heteroatoms. The largest absolute Gasteiger partial charge is 0.463 e. The van der Waals surface area contributed by atoms with E-state index in [2.05, 4.69) is 10.7 Å². The third-order valence-corrected chi connectivity index (χ3v) is 5.65.